The van der Waals surface area contributed by atoms with Crippen molar-refractivity contribution in [2.75, 3.05) is 19.8 Å². The van der Waals surface area contributed by atoms with E-state index < -0.39 is 5.54 Å². The fourth-order valence-corrected chi connectivity index (χ4v) is 2.86. The zero-order valence-electron chi connectivity index (χ0n) is 12.0. The molecule has 0 spiro atoms. The minimum Gasteiger partial charge on any atom is -0.376 e. The van der Waals surface area contributed by atoms with Gasteiger partial charge < -0.3 is 19.3 Å². The van der Waals surface area contributed by atoms with Crippen molar-refractivity contribution in [2.45, 2.75) is 18.6 Å². The summed E-state index contributed by atoms with van der Waals surface area (Å²) in [5.74, 6) is 0.498. The molecule has 0 bridgehead atoms. The fourth-order valence-electron chi connectivity index (χ4n) is 2.86. The third-order valence-electron chi connectivity index (χ3n) is 4.18. The lowest BCUT2D eigenvalue weighted by Gasteiger charge is -2.42. The van der Waals surface area contributed by atoms with E-state index in [1.54, 1.807) is 0 Å². The summed E-state index contributed by atoms with van der Waals surface area (Å²) < 4.78 is 16.0. The molecule has 1 saturated heterocycles. The van der Waals surface area contributed by atoms with Gasteiger partial charge in [0.1, 0.15) is 11.3 Å². The molecule has 1 aromatic carbocycles. The van der Waals surface area contributed by atoms with Gasteiger partial charge >= 0.3 is 0 Å². The Balaban J connectivity index is 1.60. The van der Waals surface area contributed by atoms with Crippen molar-refractivity contribution in [1.29, 1.82) is 0 Å². The number of nitrogens with one attached hydrogen (secondary N) is 1. The highest BCUT2D eigenvalue weighted by Gasteiger charge is 2.42. The van der Waals surface area contributed by atoms with E-state index in [0.29, 0.717) is 38.5 Å². The molecule has 1 N–H and O–H groups in total. The van der Waals surface area contributed by atoms with Crippen LogP contribution in [0.1, 0.15) is 27.4 Å². The molecule has 114 valence electrons. The Morgan fingerprint density at radius 2 is 2.00 bits per heavy atom. The molecule has 4 rings (SSSR count). The molecule has 1 aromatic heterocycles. The molecule has 2 aliphatic rings. The fraction of sp³-hybridized carbons (Fsp3) is 0.375. The second-order valence-corrected chi connectivity index (χ2v) is 5.63. The van der Waals surface area contributed by atoms with Gasteiger partial charge in [-0.3, -0.25) is 4.79 Å². The molecule has 1 fully saturated rings. The van der Waals surface area contributed by atoms with Crippen molar-refractivity contribution in [3.8, 4) is 0 Å². The highest BCUT2D eigenvalue weighted by molar-refractivity contribution is 5.94. The number of hydrogen-bond donors (Lipinski definition) is 1. The van der Waals surface area contributed by atoms with Gasteiger partial charge in [0.25, 0.3) is 5.91 Å². The Hall–Kier alpha value is -2.18. The van der Waals surface area contributed by atoms with Gasteiger partial charge in [0, 0.05) is 6.42 Å². The Kier molecular flexibility index (Phi) is 3.20. The zero-order chi connectivity index (χ0) is 15.0. The molecule has 22 heavy (non-hydrogen) atoms. The van der Waals surface area contributed by atoms with E-state index in [-0.39, 0.29) is 5.91 Å². The van der Waals surface area contributed by atoms with E-state index in [4.69, 9.17) is 14.0 Å². The Morgan fingerprint density at radius 1 is 1.18 bits per heavy atom. The number of carbonyl (C=O) groups is 1. The smallest absolute Gasteiger partial charge is 0.274 e. The van der Waals surface area contributed by atoms with Crippen molar-refractivity contribution in [1.82, 2.24) is 10.5 Å². The van der Waals surface area contributed by atoms with Gasteiger partial charge in [-0.1, -0.05) is 35.5 Å². The first-order valence-electron chi connectivity index (χ1n) is 7.29. The second-order valence-electron chi connectivity index (χ2n) is 5.63. The molecule has 2 aromatic rings. The first kappa shape index (κ1) is 13.5. The van der Waals surface area contributed by atoms with Crippen LogP contribution in [0.25, 0.3) is 0 Å². The molecule has 0 atom stereocenters. The topological polar surface area (TPSA) is 73.6 Å². The Bertz CT molecular complexity index is 691. The van der Waals surface area contributed by atoms with E-state index in [2.05, 4.69) is 10.5 Å². The lowest BCUT2D eigenvalue weighted by atomic mass is 9.87. The summed E-state index contributed by atoms with van der Waals surface area (Å²) in [6.45, 7) is 1.89. The molecule has 2 aliphatic heterocycles. The molecular weight excluding hydrogens is 284 g/mol. The molecular formula is C16H16N2O4. The van der Waals surface area contributed by atoms with Crippen LogP contribution in [0.2, 0.25) is 0 Å². The average Bonchev–Trinajstić information content (AvgIpc) is 2.96. The third-order valence-corrected chi connectivity index (χ3v) is 4.18. The standard InChI is InChI=1S/C16H16N2O4/c19-15(14-12-8-20-7-6-13(12)22-18-14)17-16(9-21-10-16)11-4-2-1-3-5-11/h1-5H,6-10H2,(H,17,19). The van der Waals surface area contributed by atoms with Crippen LogP contribution in [-0.4, -0.2) is 30.9 Å². The number of ether oxygens (including phenoxy) is 2. The van der Waals surface area contributed by atoms with Gasteiger partial charge in [-0.15, -0.1) is 0 Å². The van der Waals surface area contributed by atoms with Crippen LogP contribution >= 0.6 is 0 Å². The lowest BCUT2D eigenvalue weighted by molar-refractivity contribution is -0.0735. The largest absolute Gasteiger partial charge is 0.376 e. The van der Waals surface area contributed by atoms with Gasteiger partial charge in [-0.2, -0.15) is 0 Å². The number of rotatable bonds is 3. The van der Waals surface area contributed by atoms with Crippen LogP contribution in [0.3, 0.4) is 0 Å². The normalized spacial score (nSPS) is 19.1. The van der Waals surface area contributed by atoms with Gasteiger partial charge in [-0.25, -0.2) is 0 Å². The predicted molar refractivity (Wildman–Crippen MR) is 76.3 cm³/mol. The number of nitrogens with zero attached hydrogens (tertiary/aromatic N) is 1. The molecule has 0 saturated carbocycles. The van der Waals surface area contributed by atoms with E-state index in [9.17, 15) is 4.79 Å². The second kappa shape index (κ2) is 5.23. The maximum atomic E-state index is 12.6. The zero-order valence-corrected chi connectivity index (χ0v) is 12.0. The first-order chi connectivity index (χ1) is 10.8. The number of benzene rings is 1. The number of carbonyl (C=O) groups excluding carboxylic acids is 1. The molecule has 6 heteroatoms. The van der Waals surface area contributed by atoms with Crippen LogP contribution in [-0.2, 0) is 28.0 Å². The minimum atomic E-state index is -0.486. The summed E-state index contributed by atoms with van der Waals surface area (Å²) in [7, 11) is 0. The average molecular weight is 300 g/mol. The number of amides is 1. The van der Waals surface area contributed by atoms with Gasteiger partial charge in [0.05, 0.1) is 32.0 Å². The van der Waals surface area contributed by atoms with Crippen molar-refractivity contribution in [2.24, 2.45) is 0 Å². The van der Waals surface area contributed by atoms with Gasteiger partial charge in [0.15, 0.2) is 5.69 Å². The quantitative estimate of drug-likeness (QED) is 0.927. The van der Waals surface area contributed by atoms with Crippen LogP contribution < -0.4 is 5.32 Å². The summed E-state index contributed by atoms with van der Waals surface area (Å²) >= 11 is 0. The van der Waals surface area contributed by atoms with Crippen LogP contribution in [0, 0.1) is 0 Å². The van der Waals surface area contributed by atoms with Crippen LogP contribution in [0.5, 0.6) is 0 Å². The highest BCUT2D eigenvalue weighted by atomic mass is 16.5. The molecule has 0 unspecified atom stereocenters. The minimum absolute atomic E-state index is 0.248. The predicted octanol–water partition coefficient (Wildman–Crippen LogP) is 1.40. The third kappa shape index (κ3) is 2.12. The summed E-state index contributed by atoms with van der Waals surface area (Å²) in [5, 5.41) is 6.98. The molecule has 1 amide bonds. The number of aromatic nitrogens is 1. The summed E-state index contributed by atoms with van der Waals surface area (Å²) in [6, 6.07) is 9.83. The Labute approximate surface area is 127 Å². The van der Waals surface area contributed by atoms with E-state index >= 15 is 0 Å². The van der Waals surface area contributed by atoms with Crippen LogP contribution in [0.15, 0.2) is 34.9 Å². The highest BCUT2D eigenvalue weighted by Crippen LogP contribution is 2.30. The van der Waals surface area contributed by atoms with Gasteiger partial charge in [0.2, 0.25) is 0 Å². The lowest BCUT2D eigenvalue weighted by Crippen LogP contribution is -2.59. The van der Waals surface area contributed by atoms with E-state index in [1.165, 1.54) is 0 Å². The maximum absolute atomic E-state index is 12.6. The SMILES string of the molecule is O=C(NC1(c2ccccc2)COC1)c1noc2c1COCC2. The maximum Gasteiger partial charge on any atom is 0.274 e. The van der Waals surface area contributed by atoms with Crippen molar-refractivity contribution in [3.05, 3.63) is 52.9 Å². The Morgan fingerprint density at radius 3 is 2.73 bits per heavy atom. The summed E-state index contributed by atoms with van der Waals surface area (Å²) in [4.78, 5) is 12.6. The number of hydrogen-bond acceptors (Lipinski definition) is 5. The van der Waals surface area contributed by atoms with Crippen molar-refractivity contribution < 1.29 is 18.8 Å². The monoisotopic (exact) mass is 300 g/mol. The number of fused-ring (bicyclic) bond motifs is 1. The first-order valence-corrected chi connectivity index (χ1v) is 7.29. The van der Waals surface area contributed by atoms with E-state index in [0.717, 1.165) is 16.9 Å². The molecule has 6 nitrogen and oxygen atoms in total. The molecule has 3 heterocycles. The summed E-state index contributed by atoms with van der Waals surface area (Å²) in [5.41, 5.74) is 1.62. The van der Waals surface area contributed by atoms with E-state index in [1.807, 2.05) is 30.3 Å². The van der Waals surface area contributed by atoms with Crippen molar-refractivity contribution in [3.63, 3.8) is 0 Å². The van der Waals surface area contributed by atoms with Crippen molar-refractivity contribution >= 4 is 5.91 Å². The van der Waals surface area contributed by atoms with Gasteiger partial charge in [-0.05, 0) is 5.56 Å². The summed E-state index contributed by atoms with van der Waals surface area (Å²) in [6.07, 6.45) is 0.655. The molecule has 0 radical (unpaired) electrons. The van der Waals surface area contributed by atoms with Crippen LogP contribution in [0.4, 0.5) is 0 Å². The molecule has 0 aliphatic carbocycles.